The number of hydrogen-bond acceptors (Lipinski definition) is 4. The van der Waals surface area contributed by atoms with Crippen LogP contribution in [0.15, 0.2) is 30.6 Å². The molecule has 1 aromatic heterocycles. The van der Waals surface area contributed by atoms with E-state index in [1.165, 1.54) is 6.33 Å². The van der Waals surface area contributed by atoms with Gasteiger partial charge in [-0.15, -0.1) is 0 Å². The average molecular weight is 260 g/mol. The predicted molar refractivity (Wildman–Crippen MR) is 72.6 cm³/mol. The largest absolute Gasteiger partial charge is 0.399 e. The van der Waals surface area contributed by atoms with Crippen molar-refractivity contribution in [2.75, 3.05) is 17.6 Å². The van der Waals surface area contributed by atoms with E-state index in [1.54, 1.807) is 24.3 Å². The smallest absolute Gasteiger partial charge is 0.319 e. The first-order valence-corrected chi connectivity index (χ1v) is 5.98. The molecule has 19 heavy (non-hydrogen) atoms. The van der Waals surface area contributed by atoms with E-state index in [0.29, 0.717) is 17.9 Å². The quantitative estimate of drug-likeness (QED) is 0.477. The Morgan fingerprint density at radius 2 is 2.32 bits per heavy atom. The maximum absolute atomic E-state index is 11.6. The highest BCUT2D eigenvalue weighted by Crippen LogP contribution is 2.11. The minimum Gasteiger partial charge on any atom is -0.399 e. The highest BCUT2D eigenvalue weighted by Gasteiger charge is 2.01. The molecular weight excluding hydrogens is 244 g/mol. The molecule has 2 amide bonds. The summed E-state index contributed by atoms with van der Waals surface area (Å²) in [5.74, 6) is 0.818. The van der Waals surface area contributed by atoms with Crippen LogP contribution in [-0.4, -0.2) is 27.8 Å². The number of amides is 2. The maximum Gasteiger partial charge on any atom is 0.319 e. The van der Waals surface area contributed by atoms with Crippen molar-refractivity contribution in [3.63, 3.8) is 0 Å². The Hall–Kier alpha value is -2.57. The fourth-order valence-corrected chi connectivity index (χ4v) is 1.60. The van der Waals surface area contributed by atoms with Gasteiger partial charge in [-0.2, -0.15) is 5.10 Å². The number of aryl methyl sites for hydroxylation is 1. The molecule has 0 radical (unpaired) electrons. The number of H-pyrrole nitrogens is 1. The average Bonchev–Trinajstić information content (AvgIpc) is 2.88. The molecule has 0 unspecified atom stereocenters. The van der Waals surface area contributed by atoms with E-state index in [9.17, 15) is 4.79 Å². The number of urea groups is 1. The summed E-state index contributed by atoms with van der Waals surface area (Å²) in [7, 11) is 0. The third-order valence-corrected chi connectivity index (χ3v) is 2.49. The van der Waals surface area contributed by atoms with Crippen LogP contribution in [0.1, 0.15) is 12.2 Å². The van der Waals surface area contributed by atoms with Crippen molar-refractivity contribution in [1.82, 2.24) is 20.5 Å². The highest BCUT2D eigenvalue weighted by atomic mass is 16.2. The summed E-state index contributed by atoms with van der Waals surface area (Å²) >= 11 is 0. The van der Waals surface area contributed by atoms with Crippen molar-refractivity contribution in [3.05, 3.63) is 36.4 Å². The molecule has 0 bridgehead atoms. The highest BCUT2D eigenvalue weighted by molar-refractivity contribution is 5.89. The SMILES string of the molecule is Nc1cccc(NC(=O)NCCCc2ncn[nH]2)c1. The number of rotatable bonds is 5. The summed E-state index contributed by atoms with van der Waals surface area (Å²) < 4.78 is 0. The molecule has 0 spiro atoms. The lowest BCUT2D eigenvalue weighted by atomic mass is 10.3. The predicted octanol–water partition coefficient (Wildman–Crippen LogP) is 1.14. The summed E-state index contributed by atoms with van der Waals surface area (Å²) in [5, 5.41) is 12.0. The number of nitrogens with zero attached hydrogens (tertiary/aromatic N) is 2. The monoisotopic (exact) mass is 260 g/mol. The van der Waals surface area contributed by atoms with E-state index in [0.717, 1.165) is 18.7 Å². The second kappa shape index (κ2) is 6.39. The molecule has 1 aromatic carbocycles. The van der Waals surface area contributed by atoms with Crippen molar-refractivity contribution < 1.29 is 4.79 Å². The van der Waals surface area contributed by atoms with E-state index in [-0.39, 0.29) is 6.03 Å². The second-order valence-corrected chi connectivity index (χ2v) is 4.04. The number of carbonyl (C=O) groups is 1. The number of nitrogens with two attached hydrogens (primary N) is 1. The lowest BCUT2D eigenvalue weighted by molar-refractivity contribution is 0.252. The molecule has 1 heterocycles. The lowest BCUT2D eigenvalue weighted by Gasteiger charge is -2.07. The van der Waals surface area contributed by atoms with Crippen molar-refractivity contribution in [3.8, 4) is 0 Å². The first kappa shape index (κ1) is 12.9. The van der Waals surface area contributed by atoms with Gasteiger partial charge >= 0.3 is 6.03 Å². The van der Waals surface area contributed by atoms with Crippen LogP contribution in [0.2, 0.25) is 0 Å². The van der Waals surface area contributed by atoms with E-state index in [2.05, 4.69) is 25.8 Å². The topological polar surface area (TPSA) is 109 Å². The Kier molecular flexibility index (Phi) is 4.33. The van der Waals surface area contributed by atoms with Crippen LogP contribution in [0.4, 0.5) is 16.2 Å². The van der Waals surface area contributed by atoms with Gasteiger partial charge in [0.15, 0.2) is 0 Å². The van der Waals surface area contributed by atoms with Crippen LogP contribution in [0.3, 0.4) is 0 Å². The number of aromatic nitrogens is 3. The minimum atomic E-state index is -0.247. The Bertz CT molecular complexity index is 525. The first-order chi connectivity index (χ1) is 9.24. The van der Waals surface area contributed by atoms with Crippen LogP contribution in [0.5, 0.6) is 0 Å². The zero-order valence-electron chi connectivity index (χ0n) is 10.4. The molecule has 0 saturated heterocycles. The van der Waals surface area contributed by atoms with Gasteiger partial charge in [0.1, 0.15) is 12.2 Å². The molecule has 7 heteroatoms. The molecule has 0 saturated carbocycles. The standard InChI is InChI=1S/C12H16N6O/c13-9-3-1-4-10(7-9)17-12(19)14-6-2-5-11-15-8-16-18-11/h1,3-4,7-8H,2,5-6,13H2,(H2,14,17,19)(H,15,16,18). The van der Waals surface area contributed by atoms with Gasteiger partial charge in [0, 0.05) is 24.3 Å². The van der Waals surface area contributed by atoms with E-state index in [1.807, 2.05) is 0 Å². The van der Waals surface area contributed by atoms with Gasteiger partial charge in [0.05, 0.1) is 0 Å². The minimum absolute atomic E-state index is 0.247. The molecule has 0 aliphatic heterocycles. The summed E-state index contributed by atoms with van der Waals surface area (Å²) in [6, 6.07) is 6.79. The molecule has 0 fully saturated rings. The van der Waals surface area contributed by atoms with Gasteiger partial charge in [-0.3, -0.25) is 5.10 Å². The Morgan fingerprint density at radius 1 is 1.42 bits per heavy atom. The van der Waals surface area contributed by atoms with E-state index in [4.69, 9.17) is 5.73 Å². The van der Waals surface area contributed by atoms with Crippen molar-refractivity contribution in [2.24, 2.45) is 0 Å². The molecule has 2 aromatic rings. The summed E-state index contributed by atoms with van der Waals surface area (Å²) in [4.78, 5) is 15.6. The molecule has 0 aliphatic rings. The number of aromatic amines is 1. The molecule has 0 atom stereocenters. The molecule has 7 nitrogen and oxygen atoms in total. The lowest BCUT2D eigenvalue weighted by Crippen LogP contribution is -2.29. The van der Waals surface area contributed by atoms with Gasteiger partial charge in [-0.25, -0.2) is 9.78 Å². The fraction of sp³-hybridized carbons (Fsp3) is 0.250. The van der Waals surface area contributed by atoms with Crippen LogP contribution in [0, 0.1) is 0 Å². The van der Waals surface area contributed by atoms with Crippen LogP contribution < -0.4 is 16.4 Å². The van der Waals surface area contributed by atoms with Crippen molar-refractivity contribution in [2.45, 2.75) is 12.8 Å². The van der Waals surface area contributed by atoms with Crippen LogP contribution >= 0.6 is 0 Å². The van der Waals surface area contributed by atoms with Gasteiger partial charge in [-0.1, -0.05) is 6.07 Å². The Balaban J connectivity index is 1.67. The zero-order valence-corrected chi connectivity index (χ0v) is 10.4. The summed E-state index contributed by atoms with van der Waals surface area (Å²) in [5.41, 5.74) is 6.91. The fourth-order valence-electron chi connectivity index (χ4n) is 1.60. The summed E-state index contributed by atoms with van der Waals surface area (Å²) in [6.07, 6.45) is 3.01. The Morgan fingerprint density at radius 3 is 3.05 bits per heavy atom. The van der Waals surface area contributed by atoms with E-state index >= 15 is 0 Å². The number of carbonyl (C=O) groups excluding carboxylic acids is 1. The maximum atomic E-state index is 11.6. The molecular formula is C12H16N6O. The third-order valence-electron chi connectivity index (χ3n) is 2.49. The van der Waals surface area contributed by atoms with Crippen LogP contribution in [0.25, 0.3) is 0 Å². The molecule has 2 rings (SSSR count). The second-order valence-electron chi connectivity index (χ2n) is 4.04. The number of benzene rings is 1. The van der Waals surface area contributed by atoms with Crippen molar-refractivity contribution in [1.29, 1.82) is 0 Å². The summed E-state index contributed by atoms with van der Waals surface area (Å²) in [6.45, 7) is 0.564. The number of nitrogens with one attached hydrogen (secondary N) is 3. The molecule has 100 valence electrons. The zero-order chi connectivity index (χ0) is 13.5. The number of nitrogen functional groups attached to an aromatic ring is 1. The molecule has 0 aliphatic carbocycles. The van der Waals surface area contributed by atoms with Crippen molar-refractivity contribution >= 4 is 17.4 Å². The normalized spacial score (nSPS) is 10.1. The van der Waals surface area contributed by atoms with E-state index < -0.39 is 0 Å². The molecule has 5 N–H and O–H groups in total. The Labute approximate surface area is 110 Å². The van der Waals surface area contributed by atoms with Gasteiger partial charge in [0.2, 0.25) is 0 Å². The number of anilines is 2. The van der Waals surface area contributed by atoms with Gasteiger partial charge < -0.3 is 16.4 Å². The van der Waals surface area contributed by atoms with Crippen LogP contribution in [-0.2, 0) is 6.42 Å². The van der Waals surface area contributed by atoms with Gasteiger partial charge in [-0.05, 0) is 24.6 Å². The third kappa shape index (κ3) is 4.30. The first-order valence-electron chi connectivity index (χ1n) is 5.98. The van der Waals surface area contributed by atoms with Gasteiger partial charge in [0.25, 0.3) is 0 Å². The number of hydrogen-bond donors (Lipinski definition) is 4.